The Kier molecular flexibility index (Phi) is 5.67. The summed E-state index contributed by atoms with van der Waals surface area (Å²) in [5.41, 5.74) is 0.638. The molecule has 1 amide bonds. The van der Waals surface area contributed by atoms with Crippen molar-refractivity contribution in [3.8, 4) is 0 Å². The number of halogens is 1. The number of likely N-dealkylation sites (N-methyl/N-ethyl adjacent to an activating group) is 1. The molecule has 0 fully saturated rings. The lowest BCUT2D eigenvalue weighted by molar-refractivity contribution is -0.135. The number of carbonyl (C=O) groups is 1. The molecule has 4 nitrogen and oxygen atoms in total. The lowest BCUT2D eigenvalue weighted by Crippen LogP contribution is -2.32. The minimum absolute atomic E-state index is 0.0570. The summed E-state index contributed by atoms with van der Waals surface area (Å²) in [5, 5.41) is 11.7. The predicted molar refractivity (Wildman–Crippen MR) is 81.0 cm³/mol. The van der Waals surface area contributed by atoms with E-state index in [1.807, 2.05) is 11.4 Å². The number of thiophene rings is 1. The van der Waals surface area contributed by atoms with Crippen LogP contribution in [0.15, 0.2) is 23.6 Å². The first-order valence-electron chi connectivity index (χ1n) is 6.70. The number of amides is 1. The summed E-state index contributed by atoms with van der Waals surface area (Å²) in [6.45, 7) is 0.435. The van der Waals surface area contributed by atoms with Crippen LogP contribution in [0.4, 0.5) is 4.39 Å². The summed E-state index contributed by atoms with van der Waals surface area (Å²) in [6, 6.07) is 5.18. The van der Waals surface area contributed by atoms with Crippen LogP contribution in [0.3, 0.4) is 0 Å². The molecule has 1 aromatic heterocycles. The van der Waals surface area contributed by atoms with Gasteiger partial charge >= 0.3 is 0 Å². The molecule has 1 N–H and O–H groups in total. The lowest BCUT2D eigenvalue weighted by Gasteiger charge is -2.15. The highest BCUT2D eigenvalue weighted by Gasteiger charge is 2.11. The Labute approximate surface area is 126 Å². The van der Waals surface area contributed by atoms with Crippen LogP contribution in [0.25, 0.3) is 10.1 Å². The Hall–Kier alpha value is -1.50. The van der Waals surface area contributed by atoms with Gasteiger partial charge in [-0.3, -0.25) is 4.79 Å². The van der Waals surface area contributed by atoms with E-state index in [4.69, 9.17) is 9.84 Å². The second-order valence-electron chi connectivity index (χ2n) is 4.71. The molecular formula is C15H18FNO3S. The first-order valence-corrected chi connectivity index (χ1v) is 7.58. The molecule has 0 saturated heterocycles. The molecule has 2 aromatic rings. The Morgan fingerprint density at radius 2 is 2.24 bits per heavy atom. The molecule has 21 heavy (non-hydrogen) atoms. The number of fused-ring (bicyclic) bond motifs is 1. The van der Waals surface area contributed by atoms with Crippen molar-refractivity contribution in [2.75, 3.05) is 33.4 Å². The van der Waals surface area contributed by atoms with Gasteiger partial charge in [0.1, 0.15) is 12.4 Å². The van der Waals surface area contributed by atoms with Crippen LogP contribution < -0.4 is 0 Å². The first-order chi connectivity index (χ1) is 10.1. The third-order valence-corrected chi connectivity index (χ3v) is 4.24. The number of benzene rings is 1. The largest absolute Gasteiger partial charge is 0.395 e. The normalized spacial score (nSPS) is 11.0. The van der Waals surface area contributed by atoms with Gasteiger partial charge in [0, 0.05) is 30.3 Å². The van der Waals surface area contributed by atoms with Crippen molar-refractivity contribution in [2.24, 2.45) is 0 Å². The highest BCUT2D eigenvalue weighted by Crippen LogP contribution is 2.27. The Balaban J connectivity index is 1.87. The minimum atomic E-state index is -0.239. The van der Waals surface area contributed by atoms with Crippen LogP contribution in [0.2, 0.25) is 0 Å². The molecule has 0 aliphatic carbocycles. The van der Waals surface area contributed by atoms with Gasteiger partial charge in [0.25, 0.3) is 0 Å². The van der Waals surface area contributed by atoms with Gasteiger partial charge < -0.3 is 14.7 Å². The van der Waals surface area contributed by atoms with Crippen molar-refractivity contribution in [3.05, 3.63) is 35.0 Å². The van der Waals surface area contributed by atoms with Gasteiger partial charge in [-0.2, -0.15) is 0 Å². The molecule has 0 aliphatic rings. The quantitative estimate of drug-likeness (QED) is 0.796. The van der Waals surface area contributed by atoms with E-state index < -0.39 is 0 Å². The van der Waals surface area contributed by atoms with Crippen LogP contribution in [0, 0.1) is 5.82 Å². The summed E-state index contributed by atoms with van der Waals surface area (Å²) in [6.07, 6.45) is 0.431. The average Bonchev–Trinajstić information content (AvgIpc) is 2.93. The lowest BCUT2D eigenvalue weighted by atomic mass is 10.1. The fourth-order valence-electron chi connectivity index (χ4n) is 2.02. The van der Waals surface area contributed by atoms with Crippen molar-refractivity contribution >= 4 is 27.3 Å². The Morgan fingerprint density at radius 3 is 3.00 bits per heavy atom. The summed E-state index contributed by atoms with van der Waals surface area (Å²) < 4.78 is 20.1. The standard InChI is InChI=1S/C15H18FNO3S/c1-17(6-7-18)14(19)10-20-8-4-12-13(16)3-2-11-5-9-21-15(11)12/h2-3,5,9,18H,4,6-8,10H2,1H3. The molecular weight excluding hydrogens is 293 g/mol. The average molecular weight is 311 g/mol. The first kappa shape index (κ1) is 15.9. The zero-order valence-electron chi connectivity index (χ0n) is 11.8. The maximum atomic E-state index is 13.9. The smallest absolute Gasteiger partial charge is 0.248 e. The molecule has 0 radical (unpaired) electrons. The van der Waals surface area contributed by atoms with E-state index in [1.165, 1.54) is 22.3 Å². The Bertz CT molecular complexity index is 614. The second kappa shape index (κ2) is 7.49. The summed E-state index contributed by atoms with van der Waals surface area (Å²) in [7, 11) is 1.61. The van der Waals surface area contributed by atoms with Crippen LogP contribution >= 0.6 is 11.3 Å². The van der Waals surface area contributed by atoms with E-state index in [2.05, 4.69) is 0 Å². The number of ether oxygens (including phenoxy) is 1. The number of aliphatic hydroxyl groups is 1. The van der Waals surface area contributed by atoms with E-state index in [0.29, 0.717) is 12.0 Å². The van der Waals surface area contributed by atoms with Gasteiger partial charge in [-0.25, -0.2) is 4.39 Å². The molecule has 114 valence electrons. The fourth-order valence-corrected chi connectivity index (χ4v) is 2.98. The number of hydrogen-bond donors (Lipinski definition) is 1. The topological polar surface area (TPSA) is 49.8 Å². The number of hydrogen-bond acceptors (Lipinski definition) is 4. The summed E-state index contributed by atoms with van der Waals surface area (Å²) in [5.74, 6) is -0.434. The molecule has 6 heteroatoms. The molecule has 0 saturated carbocycles. The van der Waals surface area contributed by atoms with E-state index in [9.17, 15) is 9.18 Å². The van der Waals surface area contributed by atoms with Crippen molar-refractivity contribution in [1.29, 1.82) is 0 Å². The van der Waals surface area contributed by atoms with Crippen molar-refractivity contribution in [2.45, 2.75) is 6.42 Å². The molecule has 0 unspecified atom stereocenters. The number of carbonyl (C=O) groups excluding carboxylic acids is 1. The van der Waals surface area contributed by atoms with Crippen molar-refractivity contribution in [1.82, 2.24) is 4.90 Å². The van der Waals surface area contributed by atoms with Crippen LogP contribution in [0.5, 0.6) is 0 Å². The molecule has 0 spiro atoms. The van der Waals surface area contributed by atoms with E-state index in [1.54, 1.807) is 13.1 Å². The van der Waals surface area contributed by atoms with Gasteiger partial charge in [0.05, 0.1) is 13.2 Å². The maximum Gasteiger partial charge on any atom is 0.248 e. The fraction of sp³-hybridized carbons (Fsp3) is 0.400. The molecule has 1 aromatic carbocycles. The highest BCUT2D eigenvalue weighted by molar-refractivity contribution is 7.17. The predicted octanol–water partition coefficient (Wildman–Crippen LogP) is 2.05. The second-order valence-corrected chi connectivity index (χ2v) is 5.62. The molecule has 2 rings (SSSR count). The van der Waals surface area contributed by atoms with Crippen LogP contribution in [-0.2, 0) is 16.0 Å². The Morgan fingerprint density at radius 1 is 1.43 bits per heavy atom. The number of aliphatic hydroxyl groups excluding tert-OH is 1. The SMILES string of the molecule is CN(CCO)C(=O)COCCc1c(F)ccc2ccsc12. The zero-order valence-corrected chi connectivity index (χ0v) is 12.7. The van der Waals surface area contributed by atoms with Gasteiger partial charge in [-0.05, 0) is 22.9 Å². The molecule has 0 atom stereocenters. The number of nitrogens with zero attached hydrogens (tertiary/aromatic N) is 1. The van der Waals surface area contributed by atoms with Gasteiger partial charge in [-0.15, -0.1) is 11.3 Å². The van der Waals surface area contributed by atoms with E-state index in [0.717, 1.165) is 10.1 Å². The van der Waals surface area contributed by atoms with Gasteiger partial charge in [0.15, 0.2) is 0 Å². The number of rotatable bonds is 7. The zero-order chi connectivity index (χ0) is 15.2. The van der Waals surface area contributed by atoms with E-state index in [-0.39, 0.29) is 38.1 Å². The maximum absolute atomic E-state index is 13.9. The van der Waals surface area contributed by atoms with Crippen molar-refractivity contribution in [3.63, 3.8) is 0 Å². The highest BCUT2D eigenvalue weighted by atomic mass is 32.1. The third-order valence-electron chi connectivity index (χ3n) is 3.25. The third kappa shape index (κ3) is 4.00. The van der Waals surface area contributed by atoms with Gasteiger partial charge in [-0.1, -0.05) is 6.07 Å². The van der Waals surface area contributed by atoms with Crippen molar-refractivity contribution < 1.29 is 19.0 Å². The molecule has 1 heterocycles. The van der Waals surface area contributed by atoms with Crippen LogP contribution in [-0.4, -0.2) is 49.3 Å². The van der Waals surface area contributed by atoms with Gasteiger partial charge in [0.2, 0.25) is 5.91 Å². The summed E-state index contributed by atoms with van der Waals surface area (Å²) >= 11 is 1.51. The van der Waals surface area contributed by atoms with E-state index >= 15 is 0 Å². The van der Waals surface area contributed by atoms with Crippen LogP contribution in [0.1, 0.15) is 5.56 Å². The monoisotopic (exact) mass is 311 g/mol. The minimum Gasteiger partial charge on any atom is -0.395 e. The molecule has 0 bridgehead atoms. The summed E-state index contributed by atoms with van der Waals surface area (Å²) in [4.78, 5) is 13.0. The molecule has 0 aliphatic heterocycles.